The number of ether oxygens (including phenoxy) is 3. The van der Waals surface area contributed by atoms with E-state index in [4.69, 9.17) is 14.2 Å². The van der Waals surface area contributed by atoms with Crippen LogP contribution in [-0.2, 0) is 0 Å². The molecular formula is C56H97NO3S2Si2. The summed E-state index contributed by atoms with van der Waals surface area (Å²) in [5.74, 6) is 2.53. The van der Waals surface area contributed by atoms with Gasteiger partial charge in [0.1, 0.15) is 0 Å². The summed E-state index contributed by atoms with van der Waals surface area (Å²) < 4.78 is 29.2. The summed E-state index contributed by atoms with van der Waals surface area (Å²) in [6.45, 7) is 23.9. The zero-order chi connectivity index (χ0) is 46.0. The molecule has 0 atom stereocenters. The van der Waals surface area contributed by atoms with Crippen LogP contribution in [0.3, 0.4) is 0 Å². The molecular weight excluding hydrogens is 855 g/mol. The Hall–Kier alpha value is -1.75. The highest BCUT2D eigenvalue weighted by Gasteiger charge is 2.28. The first kappa shape index (κ1) is 54.9. The number of fused-ring (bicyclic) bond motifs is 3. The summed E-state index contributed by atoms with van der Waals surface area (Å²) in [6, 6.07) is 9.65. The molecule has 364 valence electrons. The Morgan fingerprint density at radius 2 is 0.656 bits per heavy atom. The van der Waals surface area contributed by atoms with E-state index in [1.807, 2.05) is 22.7 Å². The summed E-state index contributed by atoms with van der Waals surface area (Å²) in [6.07, 6.45) is 39.5. The van der Waals surface area contributed by atoms with E-state index in [-0.39, 0.29) is 0 Å². The number of aromatic nitrogens is 1. The van der Waals surface area contributed by atoms with Crippen molar-refractivity contribution in [2.75, 3.05) is 19.8 Å². The number of benzene rings is 1. The van der Waals surface area contributed by atoms with Gasteiger partial charge < -0.3 is 18.8 Å². The number of thiophene rings is 2. The highest BCUT2D eigenvalue weighted by Crippen LogP contribution is 2.44. The molecule has 0 fully saturated rings. The fraction of sp³-hybridized carbons (Fsp3) is 0.750. The van der Waals surface area contributed by atoms with Gasteiger partial charge in [-0.25, -0.2) is 0 Å². The van der Waals surface area contributed by atoms with Crippen molar-refractivity contribution >= 4 is 68.3 Å². The van der Waals surface area contributed by atoms with Gasteiger partial charge in [0.25, 0.3) is 0 Å². The lowest BCUT2D eigenvalue weighted by Gasteiger charge is -2.20. The average Bonchev–Trinajstić information content (AvgIpc) is 3.96. The second-order valence-corrected chi connectivity index (χ2v) is 34.3. The molecule has 0 spiro atoms. The number of nitrogens with zero attached hydrogens (tertiary/aromatic N) is 1. The predicted molar refractivity (Wildman–Crippen MR) is 295 cm³/mol. The van der Waals surface area contributed by atoms with Crippen molar-refractivity contribution in [3.8, 4) is 22.9 Å². The minimum absolute atomic E-state index is 0.700. The zero-order valence-electron chi connectivity index (χ0n) is 43.1. The van der Waals surface area contributed by atoms with E-state index < -0.39 is 16.1 Å². The molecule has 0 unspecified atom stereocenters. The second-order valence-electron chi connectivity index (χ2n) is 21.3. The molecule has 0 aliphatic carbocycles. The normalized spacial score (nSPS) is 12.3. The Balaban J connectivity index is 1.59. The lowest BCUT2D eigenvalue weighted by atomic mass is 10.1. The van der Waals surface area contributed by atoms with Crippen LogP contribution in [0.5, 0.6) is 17.2 Å². The van der Waals surface area contributed by atoms with Gasteiger partial charge >= 0.3 is 0 Å². The Labute approximate surface area is 404 Å². The molecule has 4 aromatic rings. The molecule has 0 radical (unpaired) electrons. The summed E-state index contributed by atoms with van der Waals surface area (Å²) in [7, 11) is -3.05. The van der Waals surface area contributed by atoms with Gasteiger partial charge in [0, 0.05) is 12.1 Å². The first-order valence-corrected chi connectivity index (χ1v) is 35.8. The number of unbranched alkanes of at least 4 members (excludes halogenated alkanes) is 27. The maximum atomic E-state index is 6.89. The van der Waals surface area contributed by atoms with Gasteiger partial charge in [-0.15, -0.1) is 22.7 Å². The SMILES string of the molecule is CCCCCCCCCCCCOc1cc(-n2c3cc([Si](C)(C)C)sc3c3sc([Si](C)(C)C)cc32)cc(OCCCCCCCCCCCC)c1OCCCCCCCCCCCC. The largest absolute Gasteiger partial charge is 0.489 e. The lowest BCUT2D eigenvalue weighted by molar-refractivity contribution is 0.234. The molecule has 3 aromatic heterocycles. The average molecular weight is 953 g/mol. The number of hydrogen-bond donors (Lipinski definition) is 0. The van der Waals surface area contributed by atoms with Gasteiger partial charge in [-0.2, -0.15) is 0 Å². The van der Waals surface area contributed by atoms with E-state index in [2.05, 4.69) is 88.9 Å². The Bertz CT molecular complexity index is 1720. The highest BCUT2D eigenvalue weighted by molar-refractivity contribution is 7.37. The van der Waals surface area contributed by atoms with Crippen LogP contribution in [0.25, 0.3) is 26.1 Å². The molecule has 4 nitrogen and oxygen atoms in total. The van der Waals surface area contributed by atoms with Gasteiger partial charge in [-0.05, 0) is 40.4 Å². The van der Waals surface area contributed by atoms with E-state index in [0.29, 0.717) is 19.8 Å². The van der Waals surface area contributed by atoms with Crippen LogP contribution in [-0.4, -0.2) is 40.5 Å². The minimum Gasteiger partial charge on any atom is -0.489 e. The maximum Gasteiger partial charge on any atom is 0.203 e. The van der Waals surface area contributed by atoms with Crippen LogP contribution < -0.4 is 23.2 Å². The smallest absolute Gasteiger partial charge is 0.203 e. The Morgan fingerprint density at radius 1 is 0.375 bits per heavy atom. The number of hydrogen-bond acceptors (Lipinski definition) is 5. The van der Waals surface area contributed by atoms with E-state index in [1.165, 1.54) is 194 Å². The van der Waals surface area contributed by atoms with Crippen molar-refractivity contribution in [3.63, 3.8) is 0 Å². The first-order valence-electron chi connectivity index (χ1n) is 27.1. The second kappa shape index (κ2) is 30.6. The summed E-state index contributed by atoms with van der Waals surface area (Å²) in [4.78, 5) is 0. The summed E-state index contributed by atoms with van der Waals surface area (Å²) in [5.41, 5.74) is 3.82. The van der Waals surface area contributed by atoms with Crippen molar-refractivity contribution in [2.24, 2.45) is 0 Å². The lowest BCUT2D eigenvalue weighted by Crippen LogP contribution is -2.34. The van der Waals surface area contributed by atoms with Crippen LogP contribution >= 0.6 is 22.7 Å². The van der Waals surface area contributed by atoms with E-state index in [0.717, 1.165) is 42.2 Å². The van der Waals surface area contributed by atoms with Crippen LogP contribution in [0.15, 0.2) is 24.3 Å². The molecule has 0 saturated carbocycles. The molecule has 4 rings (SSSR count). The predicted octanol–water partition coefficient (Wildman–Crippen LogP) is 18.9. The van der Waals surface area contributed by atoms with Crippen molar-refractivity contribution in [2.45, 2.75) is 253 Å². The van der Waals surface area contributed by atoms with Crippen LogP contribution in [0.4, 0.5) is 0 Å². The Morgan fingerprint density at radius 3 is 0.953 bits per heavy atom. The molecule has 0 amide bonds. The van der Waals surface area contributed by atoms with Crippen LogP contribution in [0, 0.1) is 0 Å². The van der Waals surface area contributed by atoms with Gasteiger partial charge in [-0.3, -0.25) is 0 Å². The van der Waals surface area contributed by atoms with Gasteiger partial charge in [-0.1, -0.05) is 233 Å². The third kappa shape index (κ3) is 19.1. The molecule has 0 aliphatic heterocycles. The fourth-order valence-electron chi connectivity index (χ4n) is 8.92. The molecule has 3 heterocycles. The molecule has 1 aromatic carbocycles. The van der Waals surface area contributed by atoms with Gasteiger partial charge in [0.2, 0.25) is 5.75 Å². The third-order valence-electron chi connectivity index (χ3n) is 13.1. The third-order valence-corrected chi connectivity index (χ3v) is 22.7. The van der Waals surface area contributed by atoms with Crippen LogP contribution in [0.1, 0.15) is 213 Å². The molecule has 0 bridgehead atoms. The quantitative estimate of drug-likeness (QED) is 0.0330. The summed E-state index contributed by atoms with van der Waals surface area (Å²) in [5, 5.41) is 0. The van der Waals surface area contributed by atoms with Crippen molar-refractivity contribution in [1.29, 1.82) is 0 Å². The number of rotatable bonds is 39. The molecule has 8 heteroatoms. The maximum absolute atomic E-state index is 6.89. The van der Waals surface area contributed by atoms with E-state index in [9.17, 15) is 0 Å². The molecule has 64 heavy (non-hydrogen) atoms. The van der Waals surface area contributed by atoms with Crippen molar-refractivity contribution in [3.05, 3.63) is 24.3 Å². The Kier molecular flexibility index (Phi) is 26.2. The van der Waals surface area contributed by atoms with Gasteiger partial charge in [0.15, 0.2) is 11.5 Å². The standard InChI is InChI=1S/C56H97NO3S2Si2/c1-10-13-16-19-22-25-28-31-34-37-40-58-50-43-47(57-48-45-52(63(4,5)6)61-55(48)56-49(57)46-53(62-56)64(7,8)9)44-51(59-41-38-35-32-29-26-23-20-17-14-11-2)54(50)60-42-39-36-33-30-27-24-21-18-15-12-3/h43-46H,10-42H2,1-9H3. The van der Waals surface area contributed by atoms with Gasteiger partial charge in [0.05, 0.1) is 62.1 Å². The molecule has 0 aliphatic rings. The van der Waals surface area contributed by atoms with Crippen molar-refractivity contribution < 1.29 is 14.2 Å². The highest BCUT2D eigenvalue weighted by atomic mass is 32.1. The van der Waals surface area contributed by atoms with E-state index >= 15 is 0 Å². The van der Waals surface area contributed by atoms with E-state index in [1.54, 1.807) is 9.00 Å². The fourth-order valence-corrected chi connectivity index (χ4v) is 15.1. The molecule has 0 N–H and O–H groups in total. The monoisotopic (exact) mass is 952 g/mol. The topological polar surface area (TPSA) is 32.6 Å². The summed E-state index contributed by atoms with van der Waals surface area (Å²) >= 11 is 4.10. The zero-order valence-corrected chi connectivity index (χ0v) is 46.8. The van der Waals surface area contributed by atoms with Crippen LogP contribution in [0.2, 0.25) is 39.3 Å². The molecule has 0 saturated heterocycles. The minimum atomic E-state index is -1.52. The first-order chi connectivity index (χ1) is 31.0. The van der Waals surface area contributed by atoms with Crippen molar-refractivity contribution in [1.82, 2.24) is 4.57 Å².